The maximum atomic E-state index is 12.5. The Morgan fingerprint density at radius 1 is 1.27 bits per heavy atom. The van der Waals surface area contributed by atoms with E-state index in [0.29, 0.717) is 0 Å². The van der Waals surface area contributed by atoms with Crippen LogP contribution in [0, 0.1) is 16.0 Å². The van der Waals surface area contributed by atoms with Gasteiger partial charge >= 0.3 is 0 Å². The van der Waals surface area contributed by atoms with E-state index in [-0.39, 0.29) is 30.4 Å². The van der Waals surface area contributed by atoms with Gasteiger partial charge in [-0.3, -0.25) is 14.9 Å². The monoisotopic (exact) mass is 324 g/mol. The molecule has 2 aliphatic rings. The van der Waals surface area contributed by atoms with Crippen LogP contribution in [0.3, 0.4) is 0 Å². The molecule has 7 nitrogen and oxygen atoms in total. The van der Waals surface area contributed by atoms with Crippen LogP contribution in [0.5, 0.6) is 0 Å². The molecule has 0 aromatic heterocycles. The molecule has 1 saturated carbocycles. The van der Waals surface area contributed by atoms with Gasteiger partial charge in [-0.1, -0.05) is 30.3 Å². The minimum absolute atomic E-state index is 0.0854. The van der Waals surface area contributed by atoms with Crippen LogP contribution in [0.4, 0.5) is 0 Å². The molecule has 0 bridgehead atoms. The summed E-state index contributed by atoms with van der Waals surface area (Å²) in [4.78, 5) is 24.3. The fraction of sp³-hybridized carbons (Fsp3) is 0.500. The predicted octanol–water partition coefficient (Wildman–Crippen LogP) is 0.650. The first-order valence-electron chi connectivity index (χ1n) is 7.08. The fourth-order valence-electron chi connectivity index (χ4n) is 2.92. The van der Waals surface area contributed by atoms with E-state index >= 15 is 0 Å². The zero-order valence-electron chi connectivity index (χ0n) is 11.8. The SMILES string of the molecule is O=C([C@@H]1C[C@@H]1[N+](=O)[O-])N1CCS(=O)(=O)C[C@H]1c1ccccc1. The summed E-state index contributed by atoms with van der Waals surface area (Å²) in [6, 6.07) is 7.58. The molecule has 22 heavy (non-hydrogen) atoms. The molecule has 0 spiro atoms. The number of hydrogen-bond donors (Lipinski definition) is 0. The van der Waals surface area contributed by atoms with E-state index in [4.69, 9.17) is 0 Å². The maximum absolute atomic E-state index is 12.5. The first kappa shape index (κ1) is 15.0. The van der Waals surface area contributed by atoms with Crippen LogP contribution in [0.2, 0.25) is 0 Å². The summed E-state index contributed by atoms with van der Waals surface area (Å²) < 4.78 is 23.8. The molecular weight excluding hydrogens is 308 g/mol. The Labute approximate surface area is 128 Å². The van der Waals surface area contributed by atoms with E-state index in [2.05, 4.69) is 0 Å². The Morgan fingerprint density at radius 2 is 1.95 bits per heavy atom. The van der Waals surface area contributed by atoms with Gasteiger partial charge in [-0.2, -0.15) is 0 Å². The number of nitrogens with zero attached hydrogens (tertiary/aromatic N) is 2. The van der Waals surface area contributed by atoms with Crippen molar-refractivity contribution in [1.29, 1.82) is 0 Å². The molecule has 1 aromatic carbocycles. The summed E-state index contributed by atoms with van der Waals surface area (Å²) in [5, 5.41) is 10.8. The molecule has 1 aromatic rings. The minimum atomic E-state index is -3.21. The van der Waals surface area contributed by atoms with Gasteiger partial charge in [0.05, 0.1) is 17.5 Å². The van der Waals surface area contributed by atoms with Crippen molar-refractivity contribution in [2.75, 3.05) is 18.1 Å². The number of hydrogen-bond acceptors (Lipinski definition) is 5. The van der Waals surface area contributed by atoms with Crippen molar-refractivity contribution in [2.24, 2.45) is 5.92 Å². The summed E-state index contributed by atoms with van der Waals surface area (Å²) >= 11 is 0. The highest BCUT2D eigenvalue weighted by molar-refractivity contribution is 7.91. The van der Waals surface area contributed by atoms with Gasteiger partial charge in [-0.15, -0.1) is 0 Å². The van der Waals surface area contributed by atoms with Crippen LogP contribution < -0.4 is 0 Å². The molecule has 8 heteroatoms. The third-order valence-corrected chi connectivity index (χ3v) is 5.87. The number of carbonyl (C=O) groups is 1. The Hall–Kier alpha value is -1.96. The highest BCUT2D eigenvalue weighted by Crippen LogP contribution is 2.38. The van der Waals surface area contributed by atoms with Crippen LogP contribution >= 0.6 is 0 Å². The van der Waals surface area contributed by atoms with Crippen LogP contribution in [-0.4, -0.2) is 48.2 Å². The summed E-state index contributed by atoms with van der Waals surface area (Å²) in [6.45, 7) is 0.0989. The molecule has 1 aliphatic heterocycles. The topological polar surface area (TPSA) is 97.6 Å². The molecule has 3 rings (SSSR count). The van der Waals surface area contributed by atoms with Crippen molar-refractivity contribution in [3.63, 3.8) is 0 Å². The lowest BCUT2D eigenvalue weighted by Crippen LogP contribution is -2.47. The maximum Gasteiger partial charge on any atom is 0.233 e. The quantitative estimate of drug-likeness (QED) is 0.600. The lowest BCUT2D eigenvalue weighted by Gasteiger charge is -2.35. The molecule has 3 atom stereocenters. The highest BCUT2D eigenvalue weighted by atomic mass is 32.2. The van der Waals surface area contributed by atoms with Crippen molar-refractivity contribution in [1.82, 2.24) is 4.90 Å². The number of sulfone groups is 1. The summed E-state index contributed by atoms with van der Waals surface area (Å²) in [6.07, 6.45) is 0.247. The van der Waals surface area contributed by atoms with Gasteiger partial charge in [0.25, 0.3) is 0 Å². The summed E-state index contributed by atoms with van der Waals surface area (Å²) in [5.41, 5.74) is 0.748. The average Bonchev–Trinajstić information content (AvgIpc) is 3.27. The number of carbonyl (C=O) groups excluding carboxylic acids is 1. The van der Waals surface area contributed by atoms with Gasteiger partial charge in [0, 0.05) is 17.9 Å². The van der Waals surface area contributed by atoms with Gasteiger partial charge in [0.2, 0.25) is 11.9 Å². The summed E-state index contributed by atoms with van der Waals surface area (Å²) in [5.74, 6) is -1.12. The first-order valence-corrected chi connectivity index (χ1v) is 8.90. The molecule has 1 heterocycles. The summed E-state index contributed by atoms with van der Waals surface area (Å²) in [7, 11) is -3.21. The van der Waals surface area contributed by atoms with Gasteiger partial charge in [0.1, 0.15) is 5.92 Å². The molecule has 118 valence electrons. The van der Waals surface area contributed by atoms with Crippen LogP contribution in [0.25, 0.3) is 0 Å². The van der Waals surface area contributed by atoms with Crippen molar-refractivity contribution < 1.29 is 18.1 Å². The number of benzene rings is 1. The molecule has 0 radical (unpaired) electrons. The van der Waals surface area contributed by atoms with E-state index in [1.54, 1.807) is 24.3 Å². The molecule has 1 saturated heterocycles. The largest absolute Gasteiger partial charge is 0.333 e. The smallest absolute Gasteiger partial charge is 0.233 e. The van der Waals surface area contributed by atoms with Crippen molar-refractivity contribution in [2.45, 2.75) is 18.5 Å². The number of nitro groups is 1. The highest BCUT2D eigenvalue weighted by Gasteiger charge is 2.56. The molecule has 0 unspecified atom stereocenters. The fourth-order valence-corrected chi connectivity index (χ4v) is 4.41. The Morgan fingerprint density at radius 3 is 2.55 bits per heavy atom. The second-order valence-electron chi connectivity index (χ2n) is 5.77. The van der Waals surface area contributed by atoms with Crippen LogP contribution in [0.15, 0.2) is 30.3 Å². The third-order valence-electron chi connectivity index (χ3n) is 4.24. The number of amides is 1. The lowest BCUT2D eigenvalue weighted by molar-refractivity contribution is -0.497. The van der Waals surface area contributed by atoms with Gasteiger partial charge < -0.3 is 4.90 Å². The molecule has 2 fully saturated rings. The van der Waals surface area contributed by atoms with Crippen LogP contribution in [0.1, 0.15) is 18.0 Å². The number of rotatable bonds is 3. The molecular formula is C14H16N2O5S. The minimum Gasteiger partial charge on any atom is -0.333 e. The zero-order chi connectivity index (χ0) is 15.9. The van der Waals surface area contributed by atoms with Crippen molar-refractivity contribution in [3.8, 4) is 0 Å². The molecule has 0 N–H and O–H groups in total. The zero-order valence-corrected chi connectivity index (χ0v) is 12.6. The van der Waals surface area contributed by atoms with Crippen molar-refractivity contribution in [3.05, 3.63) is 46.0 Å². The van der Waals surface area contributed by atoms with E-state index in [9.17, 15) is 23.3 Å². The lowest BCUT2D eigenvalue weighted by atomic mass is 10.1. The normalized spacial score (nSPS) is 29.8. The molecule has 1 amide bonds. The van der Waals surface area contributed by atoms with Crippen LogP contribution in [-0.2, 0) is 14.6 Å². The second-order valence-corrected chi connectivity index (χ2v) is 8.00. The second kappa shape index (κ2) is 5.35. The Balaban J connectivity index is 1.85. The standard InChI is InChI=1S/C14H16N2O5S/c17-14(11-8-12(11)16(18)19)15-6-7-22(20,21)9-13(15)10-4-2-1-3-5-10/h1-5,11-13H,6-9H2/t11-,12+,13+/m1/s1. The van der Waals surface area contributed by atoms with E-state index in [1.807, 2.05) is 6.07 Å². The molecule has 1 aliphatic carbocycles. The average molecular weight is 324 g/mol. The van der Waals surface area contributed by atoms with E-state index in [0.717, 1.165) is 5.56 Å². The van der Waals surface area contributed by atoms with E-state index in [1.165, 1.54) is 4.90 Å². The van der Waals surface area contributed by atoms with E-state index < -0.39 is 32.8 Å². The predicted molar refractivity (Wildman–Crippen MR) is 78.4 cm³/mol. The van der Waals surface area contributed by atoms with Crippen molar-refractivity contribution >= 4 is 15.7 Å². The van der Waals surface area contributed by atoms with Gasteiger partial charge in [-0.05, 0) is 5.56 Å². The van der Waals surface area contributed by atoms with Gasteiger partial charge in [-0.25, -0.2) is 8.42 Å². The third kappa shape index (κ3) is 2.83. The van der Waals surface area contributed by atoms with Gasteiger partial charge in [0.15, 0.2) is 9.84 Å². The first-order chi connectivity index (χ1) is 10.4. The Kier molecular flexibility index (Phi) is 3.64. The Bertz CT molecular complexity index is 703.